The standard InChI is InChI=1S/C20H21N3O/c1-24-18-12-14(13-6-3-2-4-7-13)10-11-15(18)16-8-5-9-17-19(16)20(21)23-22-17/h5-6,8-12H,2-4,7H2,1H3,(H3,21,22,23). The van der Waals surface area contributed by atoms with Crippen LogP contribution in [0.15, 0.2) is 42.5 Å². The number of aromatic nitrogens is 2. The van der Waals surface area contributed by atoms with Gasteiger partial charge in [-0.3, -0.25) is 5.10 Å². The van der Waals surface area contributed by atoms with E-state index in [1.807, 2.05) is 12.1 Å². The van der Waals surface area contributed by atoms with E-state index in [4.69, 9.17) is 10.5 Å². The van der Waals surface area contributed by atoms with Gasteiger partial charge in [-0.25, -0.2) is 0 Å². The Balaban J connectivity index is 1.86. The number of H-pyrrole nitrogens is 1. The molecule has 0 amide bonds. The number of ether oxygens (including phenoxy) is 1. The van der Waals surface area contributed by atoms with E-state index in [0.717, 1.165) is 34.2 Å². The summed E-state index contributed by atoms with van der Waals surface area (Å²) in [5.41, 5.74) is 11.8. The van der Waals surface area contributed by atoms with E-state index in [-0.39, 0.29) is 0 Å². The molecular weight excluding hydrogens is 298 g/mol. The van der Waals surface area contributed by atoms with Crippen LogP contribution in [0.2, 0.25) is 0 Å². The maximum Gasteiger partial charge on any atom is 0.153 e. The fraction of sp³-hybridized carbons (Fsp3) is 0.250. The van der Waals surface area contributed by atoms with Crippen LogP contribution in [0.25, 0.3) is 27.6 Å². The Hall–Kier alpha value is -2.75. The summed E-state index contributed by atoms with van der Waals surface area (Å²) < 4.78 is 5.70. The van der Waals surface area contributed by atoms with Gasteiger partial charge in [0, 0.05) is 5.56 Å². The van der Waals surface area contributed by atoms with E-state index >= 15 is 0 Å². The highest BCUT2D eigenvalue weighted by molar-refractivity contribution is 6.02. The van der Waals surface area contributed by atoms with Gasteiger partial charge in [0.05, 0.1) is 18.0 Å². The fourth-order valence-electron chi connectivity index (χ4n) is 3.54. The number of hydrogen-bond acceptors (Lipinski definition) is 3. The molecule has 0 radical (unpaired) electrons. The van der Waals surface area contributed by atoms with Crippen molar-refractivity contribution in [1.29, 1.82) is 0 Å². The van der Waals surface area contributed by atoms with Gasteiger partial charge in [-0.05, 0) is 54.5 Å². The molecule has 1 heterocycles. The predicted molar refractivity (Wildman–Crippen MR) is 98.9 cm³/mol. The summed E-state index contributed by atoms with van der Waals surface area (Å²) in [5, 5.41) is 8.05. The van der Waals surface area contributed by atoms with E-state index in [1.165, 1.54) is 30.4 Å². The number of hydrogen-bond donors (Lipinski definition) is 2. The molecule has 0 bridgehead atoms. The molecule has 4 rings (SSSR count). The first-order chi connectivity index (χ1) is 11.8. The van der Waals surface area contributed by atoms with E-state index in [9.17, 15) is 0 Å². The van der Waals surface area contributed by atoms with Gasteiger partial charge in [0.1, 0.15) is 5.75 Å². The third kappa shape index (κ3) is 2.44. The number of nitrogens with two attached hydrogens (primary N) is 1. The van der Waals surface area contributed by atoms with Gasteiger partial charge in [-0.1, -0.05) is 30.3 Å². The summed E-state index contributed by atoms with van der Waals surface area (Å²) in [6, 6.07) is 12.5. The van der Waals surface area contributed by atoms with Gasteiger partial charge in [-0.2, -0.15) is 5.10 Å². The van der Waals surface area contributed by atoms with Gasteiger partial charge in [0.15, 0.2) is 5.82 Å². The van der Waals surface area contributed by atoms with E-state index in [2.05, 4.69) is 40.5 Å². The highest BCUT2D eigenvalue weighted by Crippen LogP contribution is 2.39. The Morgan fingerprint density at radius 3 is 2.83 bits per heavy atom. The highest BCUT2D eigenvalue weighted by atomic mass is 16.5. The van der Waals surface area contributed by atoms with E-state index in [0.29, 0.717) is 5.82 Å². The Bertz CT molecular complexity index is 924. The van der Waals surface area contributed by atoms with Gasteiger partial charge in [0.2, 0.25) is 0 Å². The number of methoxy groups -OCH3 is 1. The quantitative estimate of drug-likeness (QED) is 0.730. The van der Waals surface area contributed by atoms with E-state index < -0.39 is 0 Å². The first-order valence-corrected chi connectivity index (χ1v) is 8.38. The molecule has 0 fully saturated rings. The van der Waals surface area contributed by atoms with Crippen molar-refractivity contribution in [3.8, 4) is 16.9 Å². The van der Waals surface area contributed by atoms with Crippen LogP contribution in [0, 0.1) is 0 Å². The van der Waals surface area contributed by atoms with Gasteiger partial charge >= 0.3 is 0 Å². The minimum atomic E-state index is 0.515. The lowest BCUT2D eigenvalue weighted by molar-refractivity contribution is 0.416. The zero-order valence-electron chi connectivity index (χ0n) is 13.8. The van der Waals surface area contributed by atoms with Crippen molar-refractivity contribution in [2.45, 2.75) is 25.7 Å². The van der Waals surface area contributed by atoms with Crippen molar-refractivity contribution in [3.05, 3.63) is 48.0 Å². The number of allylic oxidation sites excluding steroid dienone is 2. The molecule has 4 nitrogen and oxygen atoms in total. The van der Waals surface area contributed by atoms with Gasteiger partial charge in [-0.15, -0.1) is 0 Å². The second kappa shape index (κ2) is 6.04. The summed E-state index contributed by atoms with van der Waals surface area (Å²) in [7, 11) is 1.72. The molecule has 4 heteroatoms. The Kier molecular flexibility index (Phi) is 3.73. The van der Waals surface area contributed by atoms with Crippen molar-refractivity contribution in [1.82, 2.24) is 10.2 Å². The molecule has 1 aliphatic rings. The minimum Gasteiger partial charge on any atom is -0.496 e. The van der Waals surface area contributed by atoms with Crippen LogP contribution >= 0.6 is 0 Å². The number of nitrogens with one attached hydrogen (secondary N) is 1. The van der Waals surface area contributed by atoms with Crippen molar-refractivity contribution in [3.63, 3.8) is 0 Å². The molecular formula is C20H21N3O. The topological polar surface area (TPSA) is 63.9 Å². The summed E-state index contributed by atoms with van der Waals surface area (Å²) in [6.07, 6.45) is 7.23. The lowest BCUT2D eigenvalue weighted by Gasteiger charge is -2.16. The third-order valence-corrected chi connectivity index (χ3v) is 4.77. The zero-order valence-corrected chi connectivity index (χ0v) is 13.8. The number of fused-ring (bicyclic) bond motifs is 1. The molecule has 24 heavy (non-hydrogen) atoms. The number of aromatic amines is 1. The largest absolute Gasteiger partial charge is 0.496 e. The van der Waals surface area contributed by atoms with Crippen LogP contribution in [-0.2, 0) is 0 Å². The molecule has 3 N–H and O–H groups in total. The molecule has 0 atom stereocenters. The maximum absolute atomic E-state index is 6.06. The molecule has 0 aliphatic heterocycles. The van der Waals surface area contributed by atoms with Crippen molar-refractivity contribution >= 4 is 22.3 Å². The summed E-state index contributed by atoms with van der Waals surface area (Å²) in [4.78, 5) is 0. The van der Waals surface area contributed by atoms with Crippen molar-refractivity contribution in [2.24, 2.45) is 0 Å². The molecule has 0 saturated heterocycles. The van der Waals surface area contributed by atoms with Crippen LogP contribution in [0.4, 0.5) is 5.82 Å². The lowest BCUT2D eigenvalue weighted by Crippen LogP contribution is -1.95. The smallest absolute Gasteiger partial charge is 0.153 e. The van der Waals surface area contributed by atoms with Gasteiger partial charge in [0.25, 0.3) is 0 Å². The number of rotatable bonds is 3. The van der Waals surface area contributed by atoms with Gasteiger partial charge < -0.3 is 10.5 Å². The molecule has 122 valence electrons. The Morgan fingerprint density at radius 1 is 1.12 bits per heavy atom. The van der Waals surface area contributed by atoms with Crippen LogP contribution in [0.5, 0.6) is 5.75 Å². The van der Waals surface area contributed by atoms with Crippen LogP contribution in [0.3, 0.4) is 0 Å². The SMILES string of the molecule is COc1cc(C2=CCCCC2)ccc1-c1cccc2[nH]nc(N)c12. The average molecular weight is 319 g/mol. The molecule has 3 aromatic rings. The number of nitrogens with zero attached hydrogens (tertiary/aromatic N) is 1. The second-order valence-corrected chi connectivity index (χ2v) is 6.23. The molecule has 1 aliphatic carbocycles. The number of benzene rings is 2. The monoisotopic (exact) mass is 319 g/mol. The fourth-order valence-corrected chi connectivity index (χ4v) is 3.54. The number of anilines is 1. The molecule has 0 unspecified atom stereocenters. The molecule has 1 aromatic heterocycles. The van der Waals surface area contributed by atoms with E-state index in [1.54, 1.807) is 7.11 Å². The Morgan fingerprint density at radius 2 is 2.04 bits per heavy atom. The highest BCUT2D eigenvalue weighted by Gasteiger charge is 2.15. The predicted octanol–water partition coefficient (Wildman–Crippen LogP) is 4.78. The Labute approximate surface area is 141 Å². The first kappa shape index (κ1) is 14.8. The number of nitrogen functional groups attached to an aromatic ring is 1. The average Bonchev–Trinajstić information content (AvgIpc) is 3.03. The summed E-state index contributed by atoms with van der Waals surface area (Å²) in [5.74, 6) is 1.38. The van der Waals surface area contributed by atoms with Crippen LogP contribution in [-0.4, -0.2) is 17.3 Å². The first-order valence-electron chi connectivity index (χ1n) is 8.38. The molecule has 0 saturated carbocycles. The lowest BCUT2D eigenvalue weighted by atomic mass is 9.91. The maximum atomic E-state index is 6.06. The second-order valence-electron chi connectivity index (χ2n) is 6.23. The summed E-state index contributed by atoms with van der Waals surface area (Å²) in [6.45, 7) is 0. The van der Waals surface area contributed by atoms with Crippen molar-refractivity contribution < 1.29 is 4.74 Å². The molecule has 2 aromatic carbocycles. The normalized spacial score (nSPS) is 14.6. The minimum absolute atomic E-state index is 0.515. The van der Waals surface area contributed by atoms with Crippen LogP contribution in [0.1, 0.15) is 31.2 Å². The van der Waals surface area contributed by atoms with Crippen molar-refractivity contribution in [2.75, 3.05) is 12.8 Å². The third-order valence-electron chi connectivity index (χ3n) is 4.77. The van der Waals surface area contributed by atoms with Crippen LogP contribution < -0.4 is 10.5 Å². The zero-order chi connectivity index (χ0) is 16.5. The molecule has 0 spiro atoms. The summed E-state index contributed by atoms with van der Waals surface area (Å²) >= 11 is 0.